The van der Waals surface area contributed by atoms with E-state index < -0.39 is 0 Å². The number of terminal acetylenes is 2. The molecule has 3 heteroatoms. The van der Waals surface area contributed by atoms with E-state index in [1.54, 1.807) is 18.2 Å². The van der Waals surface area contributed by atoms with E-state index in [1.165, 1.54) is 0 Å². The van der Waals surface area contributed by atoms with Crippen LogP contribution in [0.25, 0.3) is 0 Å². The molecule has 0 aliphatic rings. The standard InChI is InChI=1S/C51H9NO2/c1-3-5-7-9-11-13-15-17-19-21-23-25-27-29-31-33-35-37-39-41-45-53-50-44-43-49(48-52)51(47-50)54-46-42-40-38-36-34-32-30-28-26-24-22-20-18-16-14-12-10-8-6-4-2/h1-2,43-44,47H,48,52H2. The van der Waals surface area contributed by atoms with Gasteiger partial charge >= 0.3 is 0 Å². The van der Waals surface area contributed by atoms with E-state index in [-0.39, 0.29) is 6.54 Å². The summed E-state index contributed by atoms with van der Waals surface area (Å²) in [6.45, 7) is 0.203. The van der Waals surface area contributed by atoms with E-state index in [0.717, 1.165) is 0 Å². The topological polar surface area (TPSA) is 44.5 Å². The Kier molecular flexibility index (Phi) is 25.5. The third-order valence-electron chi connectivity index (χ3n) is 4.08. The van der Waals surface area contributed by atoms with Crippen LogP contribution in [0.4, 0.5) is 0 Å². The number of nitrogens with two attached hydrogens (primary N) is 1. The van der Waals surface area contributed by atoms with Gasteiger partial charge in [-0.2, -0.15) is 0 Å². The molecule has 0 radical (unpaired) electrons. The molecule has 0 aromatic heterocycles. The summed E-state index contributed by atoms with van der Waals surface area (Å²) in [4.78, 5) is 0. The average Bonchev–Trinajstić information content (AvgIpc) is 3.19. The molecule has 0 aliphatic carbocycles. The van der Waals surface area contributed by atoms with Crippen molar-refractivity contribution in [2.75, 3.05) is 0 Å². The van der Waals surface area contributed by atoms with Gasteiger partial charge in [0.05, 0.1) is 0 Å². The lowest BCUT2D eigenvalue weighted by Gasteiger charge is -2.05. The van der Waals surface area contributed by atoms with Crippen LogP contribution in [-0.2, 0) is 6.54 Å². The fourth-order valence-corrected chi connectivity index (χ4v) is 2.21. The van der Waals surface area contributed by atoms with Crippen LogP contribution in [0, 0.1) is 262 Å². The van der Waals surface area contributed by atoms with Crippen molar-refractivity contribution < 1.29 is 9.47 Å². The highest BCUT2D eigenvalue weighted by molar-refractivity contribution is 5.50. The highest BCUT2D eigenvalue weighted by Crippen LogP contribution is 2.24. The second-order valence-electron chi connectivity index (χ2n) is 7.42. The van der Waals surface area contributed by atoms with E-state index in [0.29, 0.717) is 17.1 Å². The lowest BCUT2D eigenvalue weighted by atomic mass is 10.2. The maximum Gasteiger partial charge on any atom is 0.148 e. The monoisotopic (exact) mass is 667 g/mol. The van der Waals surface area contributed by atoms with Crippen LogP contribution < -0.4 is 15.2 Å². The Bertz CT molecular complexity index is 3120. The van der Waals surface area contributed by atoms with Crippen molar-refractivity contribution in [3.05, 3.63) is 23.8 Å². The fraction of sp³-hybridized carbons (Fsp3) is 0.0196. The Morgan fingerprint density at radius 1 is 0.352 bits per heavy atom. The maximum atomic E-state index is 5.77. The first-order valence-corrected chi connectivity index (χ1v) is 13.9. The van der Waals surface area contributed by atoms with Gasteiger partial charge in [0.15, 0.2) is 0 Å². The Balaban J connectivity index is 2.61. The van der Waals surface area contributed by atoms with Crippen molar-refractivity contribution in [3.63, 3.8) is 0 Å². The molecule has 0 aliphatic heterocycles. The van der Waals surface area contributed by atoms with Gasteiger partial charge in [-0.05, 0) is 101 Å². The second-order valence-corrected chi connectivity index (χ2v) is 7.42. The van der Waals surface area contributed by atoms with Gasteiger partial charge in [0.1, 0.15) is 23.7 Å². The number of rotatable bonds is 3. The summed E-state index contributed by atoms with van der Waals surface area (Å²) in [5.74, 6) is 99.3. The van der Waals surface area contributed by atoms with Crippen molar-refractivity contribution in [2.24, 2.45) is 5.73 Å². The molecule has 2 N–H and O–H groups in total. The van der Waals surface area contributed by atoms with Crippen LogP contribution >= 0.6 is 0 Å². The third kappa shape index (κ3) is 26.3. The van der Waals surface area contributed by atoms with E-state index >= 15 is 0 Å². The summed E-state index contributed by atoms with van der Waals surface area (Å²) >= 11 is 0. The van der Waals surface area contributed by atoms with Crippen LogP contribution in [0.3, 0.4) is 0 Å². The van der Waals surface area contributed by atoms with Gasteiger partial charge in [0, 0.05) is 160 Å². The van der Waals surface area contributed by atoms with Crippen LogP contribution in [-0.4, -0.2) is 0 Å². The van der Waals surface area contributed by atoms with Crippen molar-refractivity contribution >= 4 is 0 Å². The predicted octanol–water partition coefficient (Wildman–Crippen LogP) is 1.15. The molecule has 230 valence electrons. The molecular weight excluding hydrogens is 659 g/mol. The third-order valence-corrected chi connectivity index (χ3v) is 4.08. The maximum absolute atomic E-state index is 5.77. The molecule has 0 unspecified atom stereocenters. The summed E-state index contributed by atoms with van der Waals surface area (Å²) in [5.41, 5.74) is 6.46. The summed E-state index contributed by atoms with van der Waals surface area (Å²) < 4.78 is 10.8. The molecule has 0 saturated heterocycles. The van der Waals surface area contributed by atoms with Gasteiger partial charge in [0.2, 0.25) is 0 Å². The zero-order valence-electron chi connectivity index (χ0n) is 27.5. The van der Waals surface area contributed by atoms with Crippen LogP contribution in [0.2, 0.25) is 0 Å². The van der Waals surface area contributed by atoms with Gasteiger partial charge in [-0.15, -0.1) is 12.8 Å². The van der Waals surface area contributed by atoms with Gasteiger partial charge in [-0.3, -0.25) is 0 Å². The SMILES string of the molecule is C#CC#CC#CC#CC#CC#CC#CC#CC#CC#CC#COc1ccc(CN)c(OC#CC#CC#CC#CC#CC#CC#CC#CC#CC#CC#C)c1. The average molecular weight is 668 g/mol. The highest BCUT2D eigenvalue weighted by atomic mass is 16.5. The van der Waals surface area contributed by atoms with Crippen LogP contribution in [0.1, 0.15) is 5.56 Å². The normalized spacial score (nSPS) is 5.17. The first-order valence-electron chi connectivity index (χ1n) is 13.9. The molecule has 0 amide bonds. The summed E-state index contributed by atoms with van der Waals surface area (Å²) in [7, 11) is 0. The van der Waals surface area contributed by atoms with Crippen LogP contribution in [0.15, 0.2) is 18.2 Å². The Hall–Kier alpha value is -10.9. The number of hydrogen-bond donors (Lipinski definition) is 1. The predicted molar refractivity (Wildman–Crippen MR) is 209 cm³/mol. The van der Waals surface area contributed by atoms with Crippen molar-refractivity contribution in [1.29, 1.82) is 0 Å². The summed E-state index contributed by atoms with van der Waals surface area (Å²) in [5, 5.41) is 0. The molecule has 1 rings (SSSR count). The molecule has 0 fully saturated rings. The molecule has 0 atom stereocenters. The Morgan fingerprint density at radius 2 is 0.611 bits per heavy atom. The minimum Gasteiger partial charge on any atom is -0.407 e. The quantitative estimate of drug-likeness (QED) is 0.493. The number of benzene rings is 1. The number of hydrogen-bond acceptors (Lipinski definition) is 3. The van der Waals surface area contributed by atoms with E-state index in [4.69, 9.17) is 28.1 Å². The molecule has 0 spiro atoms. The fourth-order valence-electron chi connectivity index (χ4n) is 2.21. The lowest BCUT2D eigenvalue weighted by Crippen LogP contribution is -1.99. The van der Waals surface area contributed by atoms with E-state index in [1.807, 2.05) is 0 Å². The molecular formula is C51H9NO2. The minimum atomic E-state index is 0.203. The van der Waals surface area contributed by atoms with Gasteiger partial charge in [-0.1, -0.05) is 6.07 Å². The largest absolute Gasteiger partial charge is 0.407 e. The number of ether oxygens (including phenoxy) is 2. The van der Waals surface area contributed by atoms with Crippen molar-refractivity contribution in [2.45, 2.75) is 6.54 Å². The first kappa shape index (κ1) is 41.1. The Labute approximate surface area is 317 Å². The highest BCUT2D eigenvalue weighted by Gasteiger charge is 2.04. The zero-order chi connectivity index (χ0) is 38.7. The van der Waals surface area contributed by atoms with Gasteiger partial charge in [0.25, 0.3) is 0 Å². The molecule has 3 nitrogen and oxygen atoms in total. The van der Waals surface area contributed by atoms with Crippen molar-refractivity contribution in [3.8, 4) is 273 Å². The van der Waals surface area contributed by atoms with E-state index in [9.17, 15) is 0 Å². The summed E-state index contributed by atoms with van der Waals surface area (Å²) in [6.07, 6.45) is 14.8. The molecule has 0 heterocycles. The molecule has 1 aromatic carbocycles. The van der Waals surface area contributed by atoms with Gasteiger partial charge in [-0.25, -0.2) is 0 Å². The first-order chi connectivity index (χ1) is 26.8. The van der Waals surface area contributed by atoms with Gasteiger partial charge < -0.3 is 15.2 Å². The zero-order valence-corrected chi connectivity index (χ0v) is 27.5. The molecule has 1 aromatic rings. The Morgan fingerprint density at radius 3 is 0.889 bits per heavy atom. The molecule has 0 saturated carbocycles. The lowest BCUT2D eigenvalue weighted by molar-refractivity contribution is 0.491. The minimum absolute atomic E-state index is 0.203. The van der Waals surface area contributed by atoms with E-state index in [2.05, 4.69) is 249 Å². The molecule has 0 bridgehead atoms. The summed E-state index contributed by atoms with van der Waals surface area (Å²) in [6, 6.07) is 4.95. The smallest absolute Gasteiger partial charge is 0.148 e. The second kappa shape index (κ2) is 33.5. The van der Waals surface area contributed by atoms with Crippen LogP contribution in [0.5, 0.6) is 11.5 Å². The van der Waals surface area contributed by atoms with Crippen molar-refractivity contribution in [1.82, 2.24) is 0 Å². The molecule has 54 heavy (non-hydrogen) atoms.